The molecule has 0 bridgehead atoms. The molecule has 4 N–H and O–H groups in total. The third-order valence-electron chi connectivity index (χ3n) is 2.98. The van der Waals surface area contributed by atoms with Crippen LogP contribution in [0.15, 0.2) is 18.2 Å². The lowest BCUT2D eigenvalue weighted by Crippen LogP contribution is -2.49. The summed E-state index contributed by atoms with van der Waals surface area (Å²) < 4.78 is 26.2. The number of benzene rings is 1. The third kappa shape index (κ3) is 4.18. The van der Waals surface area contributed by atoms with Crippen LogP contribution in [-0.2, 0) is 4.79 Å². The van der Waals surface area contributed by atoms with E-state index in [9.17, 15) is 18.4 Å². The molecule has 1 aromatic rings. The van der Waals surface area contributed by atoms with Crippen molar-refractivity contribution >= 4 is 17.6 Å². The minimum absolute atomic E-state index is 0.157. The average Bonchev–Trinajstić information content (AvgIpc) is 2.38. The zero-order valence-electron chi connectivity index (χ0n) is 11.2. The Morgan fingerprint density at radius 3 is 2.50 bits per heavy atom. The molecular weight excluding hydrogens is 268 g/mol. The summed E-state index contributed by atoms with van der Waals surface area (Å²) in [6.07, 6.45) is 0.615. The van der Waals surface area contributed by atoms with Crippen molar-refractivity contribution in [3.8, 4) is 0 Å². The molecule has 0 aliphatic rings. The average molecular weight is 285 g/mol. The van der Waals surface area contributed by atoms with Crippen LogP contribution in [0, 0.1) is 17.6 Å². The second kappa shape index (κ2) is 6.83. The van der Waals surface area contributed by atoms with Crippen LogP contribution in [-0.4, -0.2) is 18.0 Å². The van der Waals surface area contributed by atoms with E-state index in [-0.39, 0.29) is 11.6 Å². The van der Waals surface area contributed by atoms with Gasteiger partial charge in [0, 0.05) is 6.07 Å². The molecule has 0 radical (unpaired) electrons. The summed E-state index contributed by atoms with van der Waals surface area (Å²) in [6, 6.07) is 1.07. The van der Waals surface area contributed by atoms with Gasteiger partial charge in [0.15, 0.2) is 0 Å². The normalized spacial score (nSPS) is 13.4. The quantitative estimate of drug-likeness (QED) is 0.773. The van der Waals surface area contributed by atoms with E-state index in [0.717, 1.165) is 12.1 Å². The van der Waals surface area contributed by atoms with Crippen LogP contribution in [0.1, 0.15) is 20.3 Å². The predicted molar refractivity (Wildman–Crippen MR) is 70.9 cm³/mol. The van der Waals surface area contributed by atoms with E-state index in [0.29, 0.717) is 12.5 Å². The predicted octanol–water partition coefficient (Wildman–Crippen LogP) is 1.99. The van der Waals surface area contributed by atoms with Crippen molar-refractivity contribution < 1.29 is 18.4 Å². The molecule has 3 amide bonds. The zero-order valence-corrected chi connectivity index (χ0v) is 11.2. The maximum atomic E-state index is 13.5. The number of carbonyl (C=O) groups excluding carboxylic acids is 2. The van der Waals surface area contributed by atoms with Crippen molar-refractivity contribution in [1.29, 1.82) is 0 Å². The molecule has 0 heterocycles. The summed E-state index contributed by atoms with van der Waals surface area (Å²) in [7, 11) is 0. The van der Waals surface area contributed by atoms with Crippen molar-refractivity contribution in [2.75, 3.05) is 5.32 Å². The topological polar surface area (TPSA) is 84.2 Å². The van der Waals surface area contributed by atoms with Crippen LogP contribution in [0.2, 0.25) is 0 Å². The standard InChI is InChI=1S/C13H17F2N3O2/c1-3-7(2)11(18-13(16)20)12(19)17-10-5-4-8(14)6-9(10)15/h4-7,11H,3H2,1-2H3,(H,17,19)(H3,16,18,20)/t7-,11+/m0/s1. The molecule has 5 nitrogen and oxygen atoms in total. The second-order valence-corrected chi connectivity index (χ2v) is 4.49. The van der Waals surface area contributed by atoms with Gasteiger partial charge in [0.25, 0.3) is 0 Å². The maximum absolute atomic E-state index is 13.5. The zero-order chi connectivity index (χ0) is 15.3. The van der Waals surface area contributed by atoms with Crippen LogP contribution in [0.5, 0.6) is 0 Å². The van der Waals surface area contributed by atoms with Crippen molar-refractivity contribution in [3.63, 3.8) is 0 Å². The number of carbonyl (C=O) groups is 2. The first-order valence-corrected chi connectivity index (χ1v) is 6.17. The van der Waals surface area contributed by atoms with Crippen LogP contribution in [0.3, 0.4) is 0 Å². The molecule has 0 saturated carbocycles. The first kappa shape index (κ1) is 15.9. The van der Waals surface area contributed by atoms with Gasteiger partial charge in [-0.15, -0.1) is 0 Å². The molecule has 0 spiro atoms. The number of nitrogens with two attached hydrogens (primary N) is 1. The van der Waals surface area contributed by atoms with Gasteiger partial charge in [-0.2, -0.15) is 0 Å². The number of nitrogens with one attached hydrogen (secondary N) is 2. The number of amides is 3. The van der Waals surface area contributed by atoms with Gasteiger partial charge in [-0.1, -0.05) is 20.3 Å². The number of hydrogen-bond acceptors (Lipinski definition) is 2. The smallest absolute Gasteiger partial charge is 0.312 e. The second-order valence-electron chi connectivity index (χ2n) is 4.49. The van der Waals surface area contributed by atoms with Crippen molar-refractivity contribution in [3.05, 3.63) is 29.8 Å². The maximum Gasteiger partial charge on any atom is 0.312 e. The molecule has 1 rings (SSSR count). The Morgan fingerprint density at radius 2 is 2.00 bits per heavy atom. The number of primary amides is 1. The lowest BCUT2D eigenvalue weighted by molar-refractivity contribution is -0.119. The molecular formula is C13H17F2N3O2. The third-order valence-corrected chi connectivity index (χ3v) is 2.98. The summed E-state index contributed by atoms with van der Waals surface area (Å²) >= 11 is 0. The first-order valence-electron chi connectivity index (χ1n) is 6.17. The van der Waals surface area contributed by atoms with E-state index in [1.54, 1.807) is 6.92 Å². The van der Waals surface area contributed by atoms with Crippen LogP contribution in [0.25, 0.3) is 0 Å². The van der Waals surface area contributed by atoms with Crippen molar-refractivity contribution in [2.24, 2.45) is 11.7 Å². The van der Waals surface area contributed by atoms with E-state index in [1.165, 1.54) is 0 Å². The Labute approximate surface area is 115 Å². The van der Waals surface area contributed by atoms with Crippen LogP contribution >= 0.6 is 0 Å². The number of urea groups is 1. The number of rotatable bonds is 5. The molecule has 20 heavy (non-hydrogen) atoms. The SMILES string of the molecule is CC[C@H](C)[C@@H](NC(N)=O)C(=O)Nc1ccc(F)cc1F. The molecule has 0 aliphatic carbocycles. The molecule has 0 aromatic heterocycles. The van der Waals surface area contributed by atoms with Gasteiger partial charge < -0.3 is 16.4 Å². The van der Waals surface area contributed by atoms with Gasteiger partial charge in [0.2, 0.25) is 5.91 Å². The van der Waals surface area contributed by atoms with E-state index in [1.807, 2.05) is 6.92 Å². The lowest BCUT2D eigenvalue weighted by Gasteiger charge is -2.22. The first-order chi connectivity index (χ1) is 9.35. The van der Waals surface area contributed by atoms with Gasteiger partial charge in [-0.25, -0.2) is 13.6 Å². The molecule has 0 fully saturated rings. The van der Waals surface area contributed by atoms with E-state index >= 15 is 0 Å². The van der Waals surface area contributed by atoms with Crippen molar-refractivity contribution in [1.82, 2.24) is 5.32 Å². The summed E-state index contributed by atoms with van der Waals surface area (Å²) in [5.41, 5.74) is 4.86. The van der Waals surface area contributed by atoms with Gasteiger partial charge in [-0.05, 0) is 18.1 Å². The minimum atomic E-state index is -0.889. The molecule has 2 atom stereocenters. The van der Waals surface area contributed by atoms with Gasteiger partial charge in [0.05, 0.1) is 5.69 Å². The highest BCUT2D eigenvalue weighted by Gasteiger charge is 2.25. The van der Waals surface area contributed by atoms with E-state index < -0.39 is 29.6 Å². The summed E-state index contributed by atoms with van der Waals surface area (Å²) in [5.74, 6) is -2.43. The summed E-state index contributed by atoms with van der Waals surface area (Å²) in [5, 5.41) is 4.62. The van der Waals surface area contributed by atoms with Gasteiger partial charge >= 0.3 is 6.03 Å². The molecule has 0 unspecified atom stereocenters. The van der Waals surface area contributed by atoms with Crippen molar-refractivity contribution in [2.45, 2.75) is 26.3 Å². The Bertz CT molecular complexity index is 508. The number of hydrogen-bond donors (Lipinski definition) is 3. The Morgan fingerprint density at radius 1 is 1.35 bits per heavy atom. The number of anilines is 1. The van der Waals surface area contributed by atoms with Gasteiger partial charge in [0.1, 0.15) is 17.7 Å². The summed E-state index contributed by atoms with van der Waals surface area (Å²) in [4.78, 5) is 22.9. The van der Waals surface area contributed by atoms with E-state index in [2.05, 4.69) is 10.6 Å². The molecule has 1 aromatic carbocycles. The highest BCUT2D eigenvalue weighted by atomic mass is 19.1. The Hall–Kier alpha value is -2.18. The highest BCUT2D eigenvalue weighted by Crippen LogP contribution is 2.17. The molecule has 0 aliphatic heterocycles. The summed E-state index contributed by atoms with van der Waals surface area (Å²) in [6.45, 7) is 3.59. The van der Waals surface area contributed by atoms with Crippen LogP contribution < -0.4 is 16.4 Å². The highest BCUT2D eigenvalue weighted by molar-refractivity contribution is 5.97. The molecule has 110 valence electrons. The van der Waals surface area contributed by atoms with E-state index in [4.69, 9.17) is 5.73 Å². The fourth-order valence-electron chi connectivity index (χ4n) is 1.66. The lowest BCUT2D eigenvalue weighted by atomic mass is 9.98. The molecule has 7 heteroatoms. The molecule has 0 saturated heterocycles. The fraction of sp³-hybridized carbons (Fsp3) is 0.385. The monoisotopic (exact) mass is 285 g/mol. The largest absolute Gasteiger partial charge is 0.352 e. The van der Waals surface area contributed by atoms with Crippen LogP contribution in [0.4, 0.5) is 19.3 Å². The van der Waals surface area contributed by atoms with Gasteiger partial charge in [-0.3, -0.25) is 4.79 Å². The fourth-order valence-corrected chi connectivity index (χ4v) is 1.66. The Balaban J connectivity index is 2.87. The Kier molecular flexibility index (Phi) is 5.42. The minimum Gasteiger partial charge on any atom is -0.352 e. The number of halogens is 2.